The van der Waals surface area contributed by atoms with E-state index in [2.05, 4.69) is 20.4 Å². The Labute approximate surface area is 146 Å². The van der Waals surface area contributed by atoms with Gasteiger partial charge in [-0.05, 0) is 31.2 Å². The second kappa shape index (κ2) is 8.25. The molecule has 0 radical (unpaired) electrons. The molecule has 7 nitrogen and oxygen atoms in total. The zero-order valence-electron chi connectivity index (χ0n) is 14.2. The van der Waals surface area contributed by atoms with Crippen LogP contribution in [0.4, 0.5) is 5.82 Å². The molecule has 0 aliphatic rings. The third-order valence-electron chi connectivity index (χ3n) is 3.40. The van der Waals surface area contributed by atoms with Gasteiger partial charge in [0.15, 0.2) is 6.61 Å². The van der Waals surface area contributed by atoms with Crippen LogP contribution in [-0.2, 0) is 11.3 Å². The Kier molecular flexibility index (Phi) is 5.58. The predicted molar refractivity (Wildman–Crippen MR) is 93.3 cm³/mol. The quantitative estimate of drug-likeness (QED) is 0.674. The van der Waals surface area contributed by atoms with Gasteiger partial charge in [-0.3, -0.25) is 0 Å². The van der Waals surface area contributed by atoms with E-state index in [9.17, 15) is 0 Å². The maximum absolute atomic E-state index is 5.60. The SMILES string of the molecule is COC[C@H](C)Nc1ccc(-c2nc(COc3ccccc3)no2)cn1. The highest BCUT2D eigenvalue weighted by Gasteiger charge is 2.10. The zero-order valence-corrected chi connectivity index (χ0v) is 14.2. The van der Waals surface area contributed by atoms with E-state index in [1.54, 1.807) is 13.3 Å². The van der Waals surface area contributed by atoms with Gasteiger partial charge in [0.25, 0.3) is 5.89 Å². The number of hydrogen-bond acceptors (Lipinski definition) is 7. The van der Waals surface area contributed by atoms with Crippen LogP contribution in [0.15, 0.2) is 53.2 Å². The summed E-state index contributed by atoms with van der Waals surface area (Å²) >= 11 is 0. The first-order valence-corrected chi connectivity index (χ1v) is 7.97. The van der Waals surface area contributed by atoms with Crippen LogP contribution in [0.25, 0.3) is 11.5 Å². The molecule has 2 aromatic heterocycles. The Balaban J connectivity index is 1.60. The minimum absolute atomic E-state index is 0.175. The molecule has 0 spiro atoms. The number of ether oxygens (including phenoxy) is 2. The minimum Gasteiger partial charge on any atom is -0.485 e. The highest BCUT2D eigenvalue weighted by atomic mass is 16.5. The minimum atomic E-state index is 0.175. The molecule has 0 amide bonds. The van der Waals surface area contributed by atoms with Gasteiger partial charge in [0.05, 0.1) is 12.2 Å². The number of aromatic nitrogens is 3. The number of nitrogens with zero attached hydrogens (tertiary/aromatic N) is 3. The van der Waals surface area contributed by atoms with Crippen LogP contribution in [0.5, 0.6) is 5.75 Å². The van der Waals surface area contributed by atoms with Gasteiger partial charge in [0.1, 0.15) is 11.6 Å². The molecule has 0 aliphatic carbocycles. The molecular formula is C18H20N4O3. The first kappa shape index (κ1) is 16.9. The van der Waals surface area contributed by atoms with Crippen molar-refractivity contribution in [2.45, 2.75) is 19.6 Å². The van der Waals surface area contributed by atoms with Crippen molar-refractivity contribution in [2.24, 2.45) is 0 Å². The van der Waals surface area contributed by atoms with Gasteiger partial charge in [-0.2, -0.15) is 4.98 Å². The van der Waals surface area contributed by atoms with Crippen molar-refractivity contribution in [3.05, 3.63) is 54.5 Å². The van der Waals surface area contributed by atoms with Gasteiger partial charge >= 0.3 is 0 Å². The molecule has 0 fully saturated rings. The maximum atomic E-state index is 5.60. The molecule has 3 rings (SSSR count). The highest BCUT2D eigenvalue weighted by molar-refractivity contribution is 5.54. The molecule has 0 saturated carbocycles. The lowest BCUT2D eigenvalue weighted by atomic mass is 10.2. The molecule has 0 saturated heterocycles. The molecule has 25 heavy (non-hydrogen) atoms. The van der Waals surface area contributed by atoms with Crippen molar-refractivity contribution < 1.29 is 14.0 Å². The van der Waals surface area contributed by atoms with E-state index in [0.29, 0.717) is 18.3 Å². The fourth-order valence-corrected chi connectivity index (χ4v) is 2.24. The summed E-state index contributed by atoms with van der Waals surface area (Å²) in [5.41, 5.74) is 0.753. The smallest absolute Gasteiger partial charge is 0.259 e. The number of anilines is 1. The van der Waals surface area contributed by atoms with Gasteiger partial charge in [0.2, 0.25) is 5.82 Å². The second-order valence-corrected chi connectivity index (χ2v) is 5.55. The highest BCUT2D eigenvalue weighted by Crippen LogP contribution is 2.18. The maximum Gasteiger partial charge on any atom is 0.259 e. The van der Waals surface area contributed by atoms with E-state index in [1.807, 2.05) is 49.4 Å². The fraction of sp³-hybridized carbons (Fsp3) is 0.278. The van der Waals surface area contributed by atoms with Crippen LogP contribution >= 0.6 is 0 Å². The van der Waals surface area contributed by atoms with E-state index >= 15 is 0 Å². The summed E-state index contributed by atoms with van der Waals surface area (Å²) < 4.78 is 16.0. The first-order valence-electron chi connectivity index (χ1n) is 7.97. The first-order chi connectivity index (χ1) is 12.2. The molecule has 1 N–H and O–H groups in total. The molecule has 130 valence electrons. The van der Waals surface area contributed by atoms with E-state index < -0.39 is 0 Å². The Morgan fingerprint density at radius 2 is 2.00 bits per heavy atom. The molecule has 1 atom stereocenters. The summed E-state index contributed by atoms with van der Waals surface area (Å²) in [5.74, 6) is 2.42. The van der Waals surface area contributed by atoms with Gasteiger partial charge in [-0.15, -0.1) is 0 Å². The third kappa shape index (κ3) is 4.77. The van der Waals surface area contributed by atoms with Crippen molar-refractivity contribution in [2.75, 3.05) is 19.0 Å². The molecule has 2 heterocycles. The van der Waals surface area contributed by atoms with E-state index in [0.717, 1.165) is 17.1 Å². The van der Waals surface area contributed by atoms with E-state index in [4.69, 9.17) is 14.0 Å². The summed E-state index contributed by atoms with van der Waals surface area (Å²) in [6.07, 6.45) is 1.69. The molecule has 1 aromatic carbocycles. The summed E-state index contributed by atoms with van der Waals surface area (Å²) in [7, 11) is 1.67. The predicted octanol–water partition coefficient (Wildman–Crippen LogP) is 3.16. The molecular weight excluding hydrogens is 320 g/mol. The number of rotatable bonds is 8. The lowest BCUT2D eigenvalue weighted by Gasteiger charge is -2.12. The summed E-state index contributed by atoms with van der Waals surface area (Å²) in [4.78, 5) is 8.69. The number of hydrogen-bond donors (Lipinski definition) is 1. The Bertz CT molecular complexity index is 775. The fourth-order valence-electron chi connectivity index (χ4n) is 2.24. The van der Waals surface area contributed by atoms with Crippen LogP contribution in [0, 0.1) is 0 Å². The number of methoxy groups -OCH3 is 1. The van der Waals surface area contributed by atoms with Crippen molar-refractivity contribution in [1.82, 2.24) is 15.1 Å². The third-order valence-corrected chi connectivity index (χ3v) is 3.40. The standard InChI is InChI=1S/C18H20N4O3/c1-13(11-23-2)20-16-9-8-14(10-19-16)18-21-17(22-25-18)12-24-15-6-4-3-5-7-15/h3-10,13H,11-12H2,1-2H3,(H,19,20)/t13-/m0/s1. The number of pyridine rings is 1. The van der Waals surface area contributed by atoms with E-state index in [-0.39, 0.29) is 12.6 Å². The summed E-state index contributed by atoms with van der Waals surface area (Å²) in [6, 6.07) is 13.4. The van der Waals surface area contributed by atoms with E-state index in [1.165, 1.54) is 0 Å². The monoisotopic (exact) mass is 340 g/mol. The lowest BCUT2D eigenvalue weighted by Crippen LogP contribution is -2.21. The van der Waals surface area contributed by atoms with Crippen molar-refractivity contribution in [3.63, 3.8) is 0 Å². The topological polar surface area (TPSA) is 82.3 Å². The average Bonchev–Trinajstić information content (AvgIpc) is 3.11. The van der Waals surface area contributed by atoms with Gasteiger partial charge in [-0.25, -0.2) is 4.98 Å². The number of nitrogens with one attached hydrogen (secondary N) is 1. The zero-order chi connectivity index (χ0) is 17.5. The van der Waals surface area contributed by atoms with Crippen molar-refractivity contribution in [3.8, 4) is 17.2 Å². The van der Waals surface area contributed by atoms with Gasteiger partial charge in [0, 0.05) is 19.3 Å². The van der Waals surface area contributed by atoms with Crippen LogP contribution in [0.1, 0.15) is 12.7 Å². The largest absolute Gasteiger partial charge is 0.485 e. The molecule has 0 bridgehead atoms. The van der Waals surface area contributed by atoms with Crippen molar-refractivity contribution >= 4 is 5.82 Å². The van der Waals surface area contributed by atoms with Crippen LogP contribution in [0.3, 0.4) is 0 Å². The van der Waals surface area contributed by atoms with Crippen LogP contribution in [0.2, 0.25) is 0 Å². The molecule has 0 unspecified atom stereocenters. The summed E-state index contributed by atoms with van der Waals surface area (Å²) in [6.45, 7) is 2.88. The average molecular weight is 340 g/mol. The van der Waals surface area contributed by atoms with Gasteiger partial charge < -0.3 is 19.3 Å². The Hall–Kier alpha value is -2.93. The van der Waals surface area contributed by atoms with Crippen LogP contribution in [-0.4, -0.2) is 34.9 Å². The molecule has 0 aliphatic heterocycles. The molecule has 3 aromatic rings. The summed E-state index contributed by atoms with van der Waals surface area (Å²) in [5, 5.41) is 7.17. The van der Waals surface area contributed by atoms with Crippen LogP contribution < -0.4 is 10.1 Å². The number of para-hydroxylation sites is 1. The lowest BCUT2D eigenvalue weighted by molar-refractivity contribution is 0.190. The normalized spacial score (nSPS) is 11.9. The Morgan fingerprint density at radius 3 is 2.72 bits per heavy atom. The molecule has 7 heteroatoms. The van der Waals surface area contributed by atoms with Gasteiger partial charge in [-0.1, -0.05) is 23.4 Å². The Morgan fingerprint density at radius 1 is 1.16 bits per heavy atom. The van der Waals surface area contributed by atoms with Crippen molar-refractivity contribution in [1.29, 1.82) is 0 Å². The second-order valence-electron chi connectivity index (χ2n) is 5.55. The number of benzene rings is 1.